The molecular weight excluding hydrogens is 302 g/mol. The topological polar surface area (TPSA) is 75.4 Å². The van der Waals surface area contributed by atoms with E-state index in [1.807, 2.05) is 45.0 Å². The molecule has 5 nitrogen and oxygen atoms in total. The smallest absolute Gasteiger partial charge is 0.239 e. The summed E-state index contributed by atoms with van der Waals surface area (Å²) in [5.74, 6) is 0.196. The van der Waals surface area contributed by atoms with Gasteiger partial charge in [-0.25, -0.2) is 0 Å². The molecule has 132 valence electrons. The molecule has 0 aliphatic carbocycles. The second-order valence-corrected chi connectivity index (χ2v) is 7.07. The molecule has 1 aromatic rings. The lowest BCUT2D eigenvalue weighted by Crippen LogP contribution is -2.50. The van der Waals surface area contributed by atoms with E-state index in [1.165, 1.54) is 5.56 Å². The van der Waals surface area contributed by atoms with Crippen LogP contribution in [0.25, 0.3) is 0 Å². The van der Waals surface area contributed by atoms with Gasteiger partial charge in [-0.15, -0.1) is 0 Å². The summed E-state index contributed by atoms with van der Waals surface area (Å²) >= 11 is 0. The summed E-state index contributed by atoms with van der Waals surface area (Å²) < 4.78 is 0. The maximum absolute atomic E-state index is 12.3. The summed E-state index contributed by atoms with van der Waals surface area (Å²) in [6.45, 7) is 7.73. The standard InChI is InChI=1S/C19H29N3O2/c1-13(2)17(20)19(24)22-10-8-16(9-11-22)18(23)21-12-15-6-4-14(3)5-7-15/h4-7,13,16-17H,8-12,20H2,1-3H3,(H,21,23)/t17-/m0/s1. The number of likely N-dealkylation sites (tertiary alicyclic amines) is 1. The maximum Gasteiger partial charge on any atom is 0.239 e. The largest absolute Gasteiger partial charge is 0.352 e. The van der Waals surface area contributed by atoms with E-state index in [9.17, 15) is 9.59 Å². The van der Waals surface area contributed by atoms with Gasteiger partial charge in [0.1, 0.15) is 0 Å². The fourth-order valence-corrected chi connectivity index (χ4v) is 2.90. The van der Waals surface area contributed by atoms with Gasteiger partial charge in [0, 0.05) is 25.6 Å². The molecule has 24 heavy (non-hydrogen) atoms. The van der Waals surface area contributed by atoms with Crippen molar-refractivity contribution in [2.45, 2.75) is 46.2 Å². The molecular formula is C19H29N3O2. The van der Waals surface area contributed by atoms with Gasteiger partial charge in [-0.3, -0.25) is 9.59 Å². The Morgan fingerprint density at radius 3 is 2.33 bits per heavy atom. The Bertz CT molecular complexity index is 560. The van der Waals surface area contributed by atoms with Crippen LogP contribution < -0.4 is 11.1 Å². The molecule has 0 bridgehead atoms. The highest BCUT2D eigenvalue weighted by atomic mass is 16.2. The average Bonchev–Trinajstić information content (AvgIpc) is 2.59. The van der Waals surface area contributed by atoms with E-state index in [2.05, 4.69) is 5.32 Å². The van der Waals surface area contributed by atoms with Crippen LogP contribution in [0.5, 0.6) is 0 Å². The highest BCUT2D eigenvalue weighted by molar-refractivity contribution is 5.83. The van der Waals surface area contributed by atoms with Gasteiger partial charge in [0.25, 0.3) is 0 Å². The Labute approximate surface area is 144 Å². The molecule has 2 amide bonds. The first-order valence-corrected chi connectivity index (χ1v) is 8.76. The average molecular weight is 331 g/mol. The number of carbonyl (C=O) groups is 2. The van der Waals surface area contributed by atoms with Crippen molar-refractivity contribution < 1.29 is 9.59 Å². The highest BCUT2D eigenvalue weighted by Crippen LogP contribution is 2.19. The van der Waals surface area contributed by atoms with Gasteiger partial charge in [-0.2, -0.15) is 0 Å². The van der Waals surface area contributed by atoms with Gasteiger partial charge in [-0.1, -0.05) is 43.7 Å². The molecule has 1 aromatic carbocycles. The molecule has 1 heterocycles. The minimum absolute atomic E-state index is 0.00325. The van der Waals surface area contributed by atoms with E-state index >= 15 is 0 Å². The van der Waals surface area contributed by atoms with E-state index in [1.54, 1.807) is 4.90 Å². The zero-order chi connectivity index (χ0) is 17.7. The van der Waals surface area contributed by atoms with E-state index in [0.29, 0.717) is 32.5 Å². The summed E-state index contributed by atoms with van der Waals surface area (Å²) in [6.07, 6.45) is 1.41. The van der Waals surface area contributed by atoms with Crippen molar-refractivity contribution >= 4 is 11.8 Å². The monoisotopic (exact) mass is 331 g/mol. The number of hydrogen-bond donors (Lipinski definition) is 2. The van der Waals surface area contributed by atoms with E-state index < -0.39 is 6.04 Å². The van der Waals surface area contributed by atoms with Crippen molar-refractivity contribution in [3.05, 3.63) is 35.4 Å². The first-order valence-electron chi connectivity index (χ1n) is 8.76. The number of aryl methyl sites for hydroxylation is 1. The lowest BCUT2D eigenvalue weighted by molar-refractivity contribution is -0.137. The van der Waals surface area contributed by atoms with Crippen molar-refractivity contribution in [1.82, 2.24) is 10.2 Å². The van der Waals surface area contributed by atoms with Crippen LogP contribution in [-0.4, -0.2) is 35.8 Å². The molecule has 1 aliphatic heterocycles. The molecule has 1 aliphatic rings. The van der Waals surface area contributed by atoms with Crippen molar-refractivity contribution in [3.63, 3.8) is 0 Å². The Kier molecular flexibility index (Phi) is 6.37. The molecule has 3 N–H and O–H groups in total. The van der Waals surface area contributed by atoms with E-state index in [4.69, 9.17) is 5.73 Å². The van der Waals surface area contributed by atoms with Crippen LogP contribution in [0.1, 0.15) is 37.8 Å². The molecule has 0 aromatic heterocycles. The third-order valence-corrected chi connectivity index (χ3v) is 4.77. The first kappa shape index (κ1) is 18.5. The fraction of sp³-hybridized carbons (Fsp3) is 0.579. The van der Waals surface area contributed by atoms with E-state index in [-0.39, 0.29) is 23.7 Å². The second kappa shape index (κ2) is 8.29. The van der Waals surface area contributed by atoms with Crippen molar-refractivity contribution in [2.75, 3.05) is 13.1 Å². The number of hydrogen-bond acceptors (Lipinski definition) is 3. The highest BCUT2D eigenvalue weighted by Gasteiger charge is 2.30. The van der Waals surface area contributed by atoms with Crippen molar-refractivity contribution in [1.29, 1.82) is 0 Å². The van der Waals surface area contributed by atoms with Crippen LogP contribution in [0.2, 0.25) is 0 Å². The summed E-state index contributed by atoms with van der Waals surface area (Å²) in [7, 11) is 0. The van der Waals surface area contributed by atoms with E-state index in [0.717, 1.165) is 5.56 Å². The van der Waals surface area contributed by atoms with Gasteiger partial charge in [-0.05, 0) is 31.2 Å². The van der Waals surface area contributed by atoms with Crippen LogP contribution in [0, 0.1) is 18.8 Å². The molecule has 1 saturated heterocycles. The zero-order valence-corrected chi connectivity index (χ0v) is 14.9. The molecule has 2 rings (SSSR count). The Balaban J connectivity index is 1.78. The molecule has 0 unspecified atom stereocenters. The maximum atomic E-state index is 12.3. The normalized spacial score (nSPS) is 17.0. The number of piperidine rings is 1. The Morgan fingerprint density at radius 2 is 1.79 bits per heavy atom. The fourth-order valence-electron chi connectivity index (χ4n) is 2.90. The summed E-state index contributed by atoms with van der Waals surface area (Å²) in [6, 6.07) is 7.71. The quantitative estimate of drug-likeness (QED) is 0.864. The van der Waals surface area contributed by atoms with Crippen LogP contribution in [-0.2, 0) is 16.1 Å². The van der Waals surface area contributed by atoms with Crippen molar-refractivity contribution in [3.8, 4) is 0 Å². The second-order valence-electron chi connectivity index (χ2n) is 7.07. The Morgan fingerprint density at radius 1 is 1.21 bits per heavy atom. The van der Waals surface area contributed by atoms with Crippen molar-refractivity contribution in [2.24, 2.45) is 17.6 Å². The van der Waals surface area contributed by atoms with Crippen LogP contribution >= 0.6 is 0 Å². The number of nitrogens with zero attached hydrogens (tertiary/aromatic N) is 1. The predicted octanol–water partition coefficient (Wildman–Crippen LogP) is 1.83. The molecule has 0 saturated carbocycles. The number of benzene rings is 1. The Hall–Kier alpha value is -1.88. The van der Waals surface area contributed by atoms with Gasteiger partial charge in [0.15, 0.2) is 0 Å². The van der Waals surface area contributed by atoms with Crippen LogP contribution in [0.3, 0.4) is 0 Å². The first-order chi connectivity index (χ1) is 11.4. The lowest BCUT2D eigenvalue weighted by Gasteiger charge is -2.33. The SMILES string of the molecule is Cc1ccc(CNC(=O)C2CCN(C(=O)[C@@H](N)C(C)C)CC2)cc1. The molecule has 1 fully saturated rings. The van der Waals surface area contributed by atoms with Gasteiger partial charge < -0.3 is 16.0 Å². The molecule has 0 radical (unpaired) electrons. The molecule has 0 spiro atoms. The summed E-state index contributed by atoms with van der Waals surface area (Å²) in [4.78, 5) is 26.4. The molecule has 5 heteroatoms. The third-order valence-electron chi connectivity index (χ3n) is 4.77. The van der Waals surface area contributed by atoms with Gasteiger partial charge >= 0.3 is 0 Å². The summed E-state index contributed by atoms with van der Waals surface area (Å²) in [5.41, 5.74) is 8.25. The van der Waals surface area contributed by atoms with Crippen LogP contribution in [0.15, 0.2) is 24.3 Å². The minimum atomic E-state index is -0.447. The van der Waals surface area contributed by atoms with Gasteiger partial charge in [0.05, 0.1) is 6.04 Å². The lowest BCUT2D eigenvalue weighted by atomic mass is 9.94. The predicted molar refractivity (Wildman–Crippen MR) is 95.1 cm³/mol. The number of nitrogens with two attached hydrogens (primary N) is 1. The van der Waals surface area contributed by atoms with Gasteiger partial charge in [0.2, 0.25) is 11.8 Å². The number of nitrogens with one attached hydrogen (secondary N) is 1. The number of rotatable bonds is 5. The minimum Gasteiger partial charge on any atom is -0.352 e. The summed E-state index contributed by atoms with van der Waals surface area (Å²) in [5, 5.41) is 3.01. The van der Waals surface area contributed by atoms with Crippen LogP contribution in [0.4, 0.5) is 0 Å². The third kappa shape index (κ3) is 4.81. The zero-order valence-electron chi connectivity index (χ0n) is 14.9. The number of amides is 2. The number of carbonyl (C=O) groups excluding carboxylic acids is 2. The molecule has 1 atom stereocenters.